The zero-order chi connectivity index (χ0) is 15.2. The van der Waals surface area contributed by atoms with Gasteiger partial charge in [0.2, 0.25) is 0 Å². The zero-order valence-electron chi connectivity index (χ0n) is 12.2. The minimum atomic E-state index is -2.17. The molecule has 5 N–H and O–H groups in total. The van der Waals surface area contributed by atoms with Gasteiger partial charge in [-0.15, -0.1) is 0 Å². The van der Waals surface area contributed by atoms with Crippen LogP contribution in [-0.4, -0.2) is 51.9 Å². The molecule has 0 radical (unpaired) electrons. The highest BCUT2D eigenvalue weighted by Gasteiger charge is 2.36. The summed E-state index contributed by atoms with van der Waals surface area (Å²) in [4.78, 5) is 0. The molecule has 0 bridgehead atoms. The molecule has 0 spiro atoms. The monoisotopic (exact) mass is 278 g/mol. The van der Waals surface area contributed by atoms with E-state index in [-0.39, 0.29) is 0 Å². The van der Waals surface area contributed by atoms with Gasteiger partial charge in [-0.25, -0.2) is 0 Å². The van der Waals surface area contributed by atoms with Crippen molar-refractivity contribution in [3.8, 4) is 0 Å². The molecule has 0 heterocycles. The third kappa shape index (κ3) is 12.3. The van der Waals surface area contributed by atoms with Crippen LogP contribution in [0.25, 0.3) is 0 Å². The van der Waals surface area contributed by atoms with E-state index in [1.54, 1.807) is 20.8 Å². The Hall–Kier alpha value is -0.178. The Morgan fingerprint density at radius 3 is 1.56 bits per heavy atom. The Balaban J connectivity index is 0. The van der Waals surface area contributed by atoms with Gasteiger partial charge in [0, 0.05) is 0 Å². The largest absolute Gasteiger partial charge is 0.631 e. The average molecular weight is 278 g/mol. The van der Waals surface area contributed by atoms with Gasteiger partial charge < -0.3 is 25.3 Å². The van der Waals surface area contributed by atoms with Gasteiger partial charge in [0.25, 0.3) is 0 Å². The molecule has 0 saturated carbocycles. The lowest BCUT2D eigenvalue weighted by molar-refractivity contribution is -0.117. The predicted octanol–water partition coefficient (Wildman–Crippen LogP) is 0.280. The molecule has 0 aliphatic heterocycles. The van der Waals surface area contributed by atoms with Crippen LogP contribution in [0.2, 0.25) is 19.6 Å². The molecule has 0 saturated heterocycles. The predicted molar refractivity (Wildman–Crippen MR) is 76.4 cm³/mol. The number of hydrogen-bond acceptors (Lipinski definition) is 5. The van der Waals surface area contributed by atoms with E-state index >= 15 is 0 Å². The molecule has 0 aromatic heterocycles. The molecule has 0 fully saturated rings. The fraction of sp³-hybridized carbons (Fsp3) is 0.818. The molecule has 0 aromatic carbocycles. The fourth-order valence-electron chi connectivity index (χ4n) is 0.892. The molecule has 108 valence electrons. The third-order valence-electron chi connectivity index (χ3n) is 2.45. The maximum Gasteiger partial charge on any atom is 0.631 e. The van der Waals surface area contributed by atoms with Crippen LogP contribution >= 0.6 is 0 Å². The topological polar surface area (TPSA) is 101 Å². The fourth-order valence-corrected chi connectivity index (χ4v) is 1.72. The molecule has 0 aliphatic rings. The first-order valence-corrected chi connectivity index (χ1v) is 9.43. The van der Waals surface area contributed by atoms with Crippen LogP contribution in [0, 0.1) is 0 Å². The van der Waals surface area contributed by atoms with E-state index in [0.29, 0.717) is 6.42 Å². The lowest BCUT2D eigenvalue weighted by Crippen LogP contribution is -2.47. The second-order valence-corrected chi connectivity index (χ2v) is 11.2. The number of rotatable bonds is 4. The Labute approximate surface area is 111 Å². The number of aliphatic hydroxyl groups is 2. The first kappa shape index (κ1) is 20.1. The van der Waals surface area contributed by atoms with Gasteiger partial charge in [0.05, 0.1) is 19.3 Å². The SMILES string of the molecule is CC(C)(O)C(C)(O)CC=C[Si](C)(C)C.OB(O)O. The van der Waals surface area contributed by atoms with Gasteiger partial charge in [0.1, 0.15) is 0 Å². The van der Waals surface area contributed by atoms with Crippen LogP contribution in [0.1, 0.15) is 27.2 Å². The minimum Gasteiger partial charge on any atom is -0.402 e. The van der Waals surface area contributed by atoms with Crippen molar-refractivity contribution in [2.45, 2.75) is 58.0 Å². The Bertz CT molecular complexity index is 250. The molecular formula is C11H27BO5Si. The summed E-state index contributed by atoms with van der Waals surface area (Å²) in [6.45, 7) is 11.7. The van der Waals surface area contributed by atoms with Crippen LogP contribution in [0.4, 0.5) is 0 Å². The van der Waals surface area contributed by atoms with E-state index in [0.717, 1.165) is 0 Å². The van der Waals surface area contributed by atoms with Crippen molar-refractivity contribution >= 4 is 15.4 Å². The lowest BCUT2D eigenvalue weighted by atomic mass is 9.85. The lowest BCUT2D eigenvalue weighted by Gasteiger charge is -2.34. The van der Waals surface area contributed by atoms with Gasteiger partial charge in [-0.2, -0.15) is 0 Å². The van der Waals surface area contributed by atoms with E-state index < -0.39 is 26.6 Å². The van der Waals surface area contributed by atoms with E-state index in [1.807, 2.05) is 6.08 Å². The maximum atomic E-state index is 9.96. The molecule has 5 nitrogen and oxygen atoms in total. The molecule has 0 amide bonds. The van der Waals surface area contributed by atoms with E-state index in [1.165, 1.54) is 0 Å². The zero-order valence-corrected chi connectivity index (χ0v) is 13.2. The maximum absolute atomic E-state index is 9.96. The second kappa shape index (κ2) is 7.42. The summed E-state index contributed by atoms with van der Waals surface area (Å²) in [5.74, 6) is 0. The highest BCUT2D eigenvalue weighted by atomic mass is 28.3. The molecule has 1 atom stereocenters. The molecule has 0 rings (SSSR count). The van der Waals surface area contributed by atoms with Gasteiger partial charge in [-0.3, -0.25) is 0 Å². The molecule has 7 heteroatoms. The third-order valence-corrected chi connectivity index (χ3v) is 3.69. The van der Waals surface area contributed by atoms with Crippen LogP contribution in [0.5, 0.6) is 0 Å². The Morgan fingerprint density at radius 2 is 1.33 bits per heavy atom. The highest BCUT2D eigenvalue weighted by molar-refractivity contribution is 6.80. The summed E-state index contributed by atoms with van der Waals surface area (Å²) < 4.78 is 0. The quantitative estimate of drug-likeness (QED) is 0.475. The van der Waals surface area contributed by atoms with Gasteiger partial charge in [-0.05, 0) is 27.2 Å². The van der Waals surface area contributed by atoms with Crippen molar-refractivity contribution in [1.82, 2.24) is 0 Å². The van der Waals surface area contributed by atoms with Crippen molar-refractivity contribution in [3.63, 3.8) is 0 Å². The normalized spacial score (nSPS) is 15.9. The Kier molecular flexibility index (Phi) is 8.31. The van der Waals surface area contributed by atoms with Crippen molar-refractivity contribution < 1.29 is 25.3 Å². The van der Waals surface area contributed by atoms with Crippen molar-refractivity contribution in [3.05, 3.63) is 11.8 Å². The summed E-state index contributed by atoms with van der Waals surface area (Å²) in [5, 5.41) is 41.2. The molecule has 1 unspecified atom stereocenters. The van der Waals surface area contributed by atoms with Crippen LogP contribution < -0.4 is 0 Å². The first-order valence-electron chi connectivity index (χ1n) is 5.86. The summed E-state index contributed by atoms with van der Waals surface area (Å²) in [5.41, 5.74) is 0.0765. The molecular weight excluding hydrogens is 251 g/mol. The molecule has 0 aliphatic carbocycles. The van der Waals surface area contributed by atoms with E-state index in [4.69, 9.17) is 15.1 Å². The van der Waals surface area contributed by atoms with Crippen LogP contribution in [0.3, 0.4) is 0 Å². The van der Waals surface area contributed by atoms with Crippen molar-refractivity contribution in [2.24, 2.45) is 0 Å². The van der Waals surface area contributed by atoms with E-state index in [2.05, 4.69) is 25.3 Å². The van der Waals surface area contributed by atoms with Gasteiger partial charge in [0.15, 0.2) is 0 Å². The van der Waals surface area contributed by atoms with Crippen molar-refractivity contribution in [1.29, 1.82) is 0 Å². The van der Waals surface area contributed by atoms with Gasteiger partial charge in [-0.1, -0.05) is 31.4 Å². The molecule has 18 heavy (non-hydrogen) atoms. The van der Waals surface area contributed by atoms with Crippen LogP contribution in [0.15, 0.2) is 11.8 Å². The Morgan fingerprint density at radius 1 is 1.00 bits per heavy atom. The summed E-state index contributed by atoms with van der Waals surface area (Å²) in [7, 11) is -3.36. The standard InChI is InChI=1S/C11H24O2Si.BH3O3/c1-10(2,12)11(3,13)8-7-9-14(4,5)6;2-1(3)4/h7,9,12-13H,8H2,1-6H3;2-4H. The van der Waals surface area contributed by atoms with Crippen LogP contribution in [-0.2, 0) is 0 Å². The summed E-state index contributed by atoms with van der Waals surface area (Å²) in [6.07, 6.45) is 2.49. The molecule has 0 aromatic rings. The summed E-state index contributed by atoms with van der Waals surface area (Å²) >= 11 is 0. The average Bonchev–Trinajstić information content (AvgIpc) is 1.96. The van der Waals surface area contributed by atoms with Gasteiger partial charge >= 0.3 is 7.32 Å². The second-order valence-electron chi connectivity index (χ2n) is 6.15. The van der Waals surface area contributed by atoms with E-state index in [9.17, 15) is 10.2 Å². The smallest absolute Gasteiger partial charge is 0.402 e. The highest BCUT2D eigenvalue weighted by Crippen LogP contribution is 2.25. The first-order chi connectivity index (χ1) is 7.69. The number of hydrogen-bond donors (Lipinski definition) is 5. The summed E-state index contributed by atoms with van der Waals surface area (Å²) in [6, 6.07) is 0. The van der Waals surface area contributed by atoms with Crippen molar-refractivity contribution in [2.75, 3.05) is 0 Å². The minimum absolute atomic E-state index is 0.501.